The summed E-state index contributed by atoms with van der Waals surface area (Å²) < 4.78 is 26.8. The van der Waals surface area contributed by atoms with E-state index in [0.717, 1.165) is 23.1 Å². The summed E-state index contributed by atoms with van der Waals surface area (Å²) in [5.74, 6) is 0.939. The number of carbonyl (C=O) groups is 1. The molecular formula is C40H45N11O5S. The molecule has 0 unspecified atom stereocenters. The van der Waals surface area contributed by atoms with E-state index in [-0.39, 0.29) is 16.9 Å². The van der Waals surface area contributed by atoms with Crippen LogP contribution in [-0.4, -0.2) is 91.8 Å². The highest BCUT2D eigenvalue weighted by atomic mass is 32.2. The number of nitrogens with two attached hydrogens (primary N) is 1. The highest BCUT2D eigenvalue weighted by molar-refractivity contribution is 7.89. The number of aromatic nitrogens is 6. The van der Waals surface area contributed by atoms with Crippen molar-refractivity contribution in [3.05, 3.63) is 120 Å². The molecule has 6 aromatic rings. The molecule has 0 radical (unpaired) electrons. The second kappa shape index (κ2) is 15.9. The number of aliphatic hydroxyl groups is 2. The maximum Gasteiger partial charge on any atom is 0.319 e. The molecule has 2 fully saturated rings. The molecule has 2 amide bonds. The van der Waals surface area contributed by atoms with Gasteiger partial charge in [0.2, 0.25) is 16.0 Å². The number of urea groups is 1. The Morgan fingerprint density at radius 3 is 2.28 bits per heavy atom. The predicted molar refractivity (Wildman–Crippen MR) is 215 cm³/mol. The van der Waals surface area contributed by atoms with Crippen LogP contribution in [0.15, 0.2) is 109 Å². The standard InChI is InChI=1S/C40H45N11O5S/c1-2-25-20-44-51(22-25)33-19-32(35(52)36(33)53)50-24-43-34-37(42-21-31(26-9-5-3-6-10-26)27-11-7-4-8-12-27)47-39(48-38(34)50)49-18-17-29(23-49)46-40(54)45-28-13-15-30(16-14-28)57(41,55)56/h3-16,20,22,24,29,31-33,35-36,52-53H,2,17-19,21,23H2,1H3,(H2,41,55,56)(H,42,47,48)(H2,45,46,54)/t29-,32-,33+,35+,36-/m1/s1. The molecule has 57 heavy (non-hydrogen) atoms. The van der Waals surface area contributed by atoms with Gasteiger partial charge in [-0.15, -0.1) is 0 Å². The topological polar surface area (TPSA) is 218 Å². The molecule has 16 nitrogen and oxygen atoms in total. The molecule has 2 aliphatic rings. The fraction of sp³-hybridized carbons (Fsp3) is 0.325. The Hall–Kier alpha value is -5.88. The molecular weight excluding hydrogens is 747 g/mol. The number of imidazole rings is 1. The lowest BCUT2D eigenvalue weighted by molar-refractivity contribution is 0.00721. The van der Waals surface area contributed by atoms with Crippen LogP contribution in [0.5, 0.6) is 0 Å². The minimum atomic E-state index is -3.86. The minimum Gasteiger partial charge on any atom is -0.388 e. The van der Waals surface area contributed by atoms with Crippen molar-refractivity contribution in [1.82, 2.24) is 34.6 Å². The van der Waals surface area contributed by atoms with Gasteiger partial charge in [-0.25, -0.2) is 23.3 Å². The van der Waals surface area contributed by atoms with Crippen LogP contribution in [0.4, 0.5) is 22.2 Å². The van der Waals surface area contributed by atoms with Crippen molar-refractivity contribution in [1.29, 1.82) is 0 Å². The van der Waals surface area contributed by atoms with E-state index in [1.165, 1.54) is 24.3 Å². The van der Waals surface area contributed by atoms with Gasteiger partial charge in [0.15, 0.2) is 17.0 Å². The first-order valence-electron chi connectivity index (χ1n) is 19.0. The Labute approximate surface area is 329 Å². The van der Waals surface area contributed by atoms with Gasteiger partial charge in [0.05, 0.1) is 29.5 Å². The van der Waals surface area contributed by atoms with Gasteiger partial charge in [-0.2, -0.15) is 15.1 Å². The maximum absolute atomic E-state index is 13.0. The molecule has 1 saturated heterocycles. The number of anilines is 3. The van der Waals surface area contributed by atoms with E-state index in [4.69, 9.17) is 20.1 Å². The number of rotatable bonds is 12. The molecule has 3 aromatic heterocycles. The summed E-state index contributed by atoms with van der Waals surface area (Å²) in [6, 6.07) is 24.4. The number of aliphatic hydroxyl groups excluding tert-OH is 2. The fourth-order valence-corrected chi connectivity index (χ4v) is 8.33. The van der Waals surface area contributed by atoms with E-state index < -0.39 is 40.3 Å². The number of aryl methyl sites for hydroxylation is 1. The summed E-state index contributed by atoms with van der Waals surface area (Å²) in [6.07, 6.45) is 5.01. The second-order valence-electron chi connectivity index (χ2n) is 14.6. The molecule has 4 heterocycles. The monoisotopic (exact) mass is 791 g/mol. The van der Waals surface area contributed by atoms with Crippen LogP contribution < -0.4 is 26.0 Å². The molecule has 5 atom stereocenters. The van der Waals surface area contributed by atoms with Gasteiger partial charge in [-0.05, 0) is 60.2 Å². The average Bonchev–Trinajstić information content (AvgIpc) is 4.03. The molecule has 1 aliphatic carbocycles. The summed E-state index contributed by atoms with van der Waals surface area (Å²) in [4.78, 5) is 29.7. The summed E-state index contributed by atoms with van der Waals surface area (Å²) in [7, 11) is -3.86. The van der Waals surface area contributed by atoms with Gasteiger partial charge >= 0.3 is 6.03 Å². The molecule has 3 aromatic carbocycles. The Bertz CT molecular complexity index is 2410. The van der Waals surface area contributed by atoms with Gasteiger partial charge in [0.1, 0.15) is 12.2 Å². The average molecular weight is 792 g/mol. The number of carbonyl (C=O) groups excluding carboxylic acids is 1. The lowest BCUT2D eigenvalue weighted by Gasteiger charge is -2.22. The zero-order valence-electron chi connectivity index (χ0n) is 31.3. The normalized spacial score (nSPS) is 21.0. The van der Waals surface area contributed by atoms with Crippen molar-refractivity contribution in [3.8, 4) is 0 Å². The predicted octanol–water partition coefficient (Wildman–Crippen LogP) is 3.78. The second-order valence-corrected chi connectivity index (χ2v) is 16.1. The highest BCUT2D eigenvalue weighted by Crippen LogP contribution is 2.40. The lowest BCUT2D eigenvalue weighted by atomic mass is 9.91. The van der Waals surface area contributed by atoms with Crippen molar-refractivity contribution in [3.63, 3.8) is 0 Å². The van der Waals surface area contributed by atoms with E-state index in [0.29, 0.717) is 61.1 Å². The van der Waals surface area contributed by atoms with Gasteiger partial charge in [-0.1, -0.05) is 67.6 Å². The molecule has 0 bridgehead atoms. The largest absolute Gasteiger partial charge is 0.388 e. The van der Waals surface area contributed by atoms with Crippen LogP contribution in [0, 0.1) is 0 Å². The lowest BCUT2D eigenvalue weighted by Crippen LogP contribution is -2.40. The van der Waals surface area contributed by atoms with Crippen molar-refractivity contribution < 1.29 is 23.4 Å². The van der Waals surface area contributed by atoms with Gasteiger partial charge < -0.3 is 35.6 Å². The first-order chi connectivity index (χ1) is 27.6. The van der Waals surface area contributed by atoms with Gasteiger partial charge in [0, 0.05) is 43.5 Å². The highest BCUT2D eigenvalue weighted by Gasteiger charge is 2.44. The number of hydrogen-bond acceptors (Lipinski definition) is 11. The number of sulfonamides is 1. The number of fused-ring (bicyclic) bond motifs is 1. The molecule has 0 spiro atoms. The Morgan fingerprint density at radius 2 is 1.63 bits per heavy atom. The van der Waals surface area contributed by atoms with E-state index in [1.807, 2.05) is 59.0 Å². The first kappa shape index (κ1) is 38.0. The van der Waals surface area contributed by atoms with Crippen LogP contribution in [0.2, 0.25) is 0 Å². The SMILES string of the molecule is CCc1cnn([C@H]2C[C@@H](n3cnc4c(NCC(c5ccccc5)c5ccccc5)nc(N5CC[C@@H](NC(=O)Nc6ccc(S(N)(=O)=O)cc6)C5)nc43)[C@H](O)[C@@H]2O)c1. The van der Waals surface area contributed by atoms with Crippen molar-refractivity contribution in [2.24, 2.45) is 5.14 Å². The Kier molecular flexibility index (Phi) is 10.6. The minimum absolute atomic E-state index is 0.00705. The summed E-state index contributed by atoms with van der Waals surface area (Å²) in [5, 5.41) is 41.7. The third kappa shape index (κ3) is 8.04. The summed E-state index contributed by atoms with van der Waals surface area (Å²) >= 11 is 0. The van der Waals surface area contributed by atoms with E-state index >= 15 is 0 Å². The molecule has 8 rings (SSSR count). The number of nitrogens with zero attached hydrogens (tertiary/aromatic N) is 7. The van der Waals surface area contributed by atoms with E-state index in [2.05, 4.69) is 45.3 Å². The summed E-state index contributed by atoms with van der Waals surface area (Å²) in [5.41, 5.74) is 4.76. The smallest absolute Gasteiger partial charge is 0.319 e. The molecule has 296 valence electrons. The van der Waals surface area contributed by atoms with Crippen LogP contribution in [-0.2, 0) is 16.4 Å². The van der Waals surface area contributed by atoms with Gasteiger partial charge in [0.25, 0.3) is 0 Å². The first-order valence-corrected chi connectivity index (χ1v) is 20.5. The third-order valence-electron chi connectivity index (χ3n) is 10.9. The quantitative estimate of drug-likeness (QED) is 0.105. The van der Waals surface area contributed by atoms with E-state index in [1.54, 1.807) is 17.2 Å². The number of nitrogens with one attached hydrogen (secondary N) is 3. The van der Waals surface area contributed by atoms with Crippen LogP contribution >= 0.6 is 0 Å². The Morgan fingerprint density at radius 1 is 0.947 bits per heavy atom. The number of benzene rings is 3. The van der Waals surface area contributed by atoms with Crippen molar-refractivity contribution in [2.45, 2.75) is 67.3 Å². The van der Waals surface area contributed by atoms with Crippen LogP contribution in [0.25, 0.3) is 11.2 Å². The number of amides is 2. The van der Waals surface area contributed by atoms with E-state index in [9.17, 15) is 23.4 Å². The van der Waals surface area contributed by atoms with Crippen molar-refractivity contribution in [2.75, 3.05) is 35.2 Å². The third-order valence-corrected chi connectivity index (χ3v) is 11.8. The molecule has 7 N–H and O–H groups in total. The molecule has 17 heteroatoms. The summed E-state index contributed by atoms with van der Waals surface area (Å²) in [6.45, 7) is 3.51. The zero-order valence-corrected chi connectivity index (χ0v) is 32.1. The molecule has 1 aliphatic heterocycles. The number of primary sulfonamides is 1. The van der Waals surface area contributed by atoms with Crippen LogP contribution in [0.3, 0.4) is 0 Å². The zero-order chi connectivity index (χ0) is 39.7. The maximum atomic E-state index is 13.0. The molecule has 1 saturated carbocycles. The number of hydrogen-bond donors (Lipinski definition) is 6. The fourth-order valence-electron chi connectivity index (χ4n) is 7.82. The van der Waals surface area contributed by atoms with Crippen LogP contribution in [0.1, 0.15) is 54.5 Å². The van der Waals surface area contributed by atoms with Crippen molar-refractivity contribution >= 4 is 44.7 Å². The van der Waals surface area contributed by atoms with Gasteiger partial charge in [-0.3, -0.25) is 4.68 Å². The Balaban J connectivity index is 1.07.